The minimum Gasteiger partial charge on any atom is -0.480 e. The highest BCUT2D eigenvalue weighted by Gasteiger charge is 2.24. The van der Waals surface area contributed by atoms with Gasteiger partial charge in [0.1, 0.15) is 6.04 Å². The number of carboxylic acid groups (broad SMARTS) is 1. The van der Waals surface area contributed by atoms with Gasteiger partial charge in [-0.05, 0) is 79.9 Å². The van der Waals surface area contributed by atoms with Crippen molar-refractivity contribution in [3.8, 4) is 0 Å². The summed E-state index contributed by atoms with van der Waals surface area (Å²) in [5.74, 6) is -2.63. The van der Waals surface area contributed by atoms with E-state index in [1.165, 1.54) is 0 Å². The van der Waals surface area contributed by atoms with E-state index in [4.69, 9.17) is 10.8 Å². The Bertz CT molecular complexity index is 577. The van der Waals surface area contributed by atoms with Crippen LogP contribution < -0.4 is 11.1 Å². The molecule has 2 amide bonds. The van der Waals surface area contributed by atoms with E-state index in [1.54, 1.807) is 6.07 Å². The van der Waals surface area contributed by atoms with Gasteiger partial charge in [-0.3, -0.25) is 9.59 Å². The second-order valence-electron chi connectivity index (χ2n) is 3.78. The summed E-state index contributed by atoms with van der Waals surface area (Å²) in [6, 6.07) is 2.23. The summed E-state index contributed by atoms with van der Waals surface area (Å²) < 4.78 is 2.48. The Morgan fingerprint density at radius 1 is 1.25 bits per heavy atom. The van der Waals surface area contributed by atoms with Gasteiger partial charge in [-0.15, -0.1) is 0 Å². The molecular formula is C11H9I3N2O4. The molecule has 0 aliphatic carbocycles. The van der Waals surface area contributed by atoms with E-state index in [0.29, 0.717) is 5.56 Å². The Morgan fingerprint density at radius 3 is 2.35 bits per heavy atom. The standard InChI is InChI=1S/C11H9I3N2O4/c12-4-1-5(9(14)6(13)2-4)10(18)16-7(11(19)20)3-8(15)17/h1-2,7H,3H2,(H2,15,17)(H,16,18)(H,19,20)/t7-/m0/s1. The van der Waals surface area contributed by atoms with Crippen LogP contribution in [0.3, 0.4) is 0 Å². The maximum Gasteiger partial charge on any atom is 0.326 e. The summed E-state index contributed by atoms with van der Waals surface area (Å²) in [5.41, 5.74) is 5.34. The van der Waals surface area contributed by atoms with Crippen molar-refractivity contribution in [1.82, 2.24) is 5.32 Å². The van der Waals surface area contributed by atoms with Gasteiger partial charge in [0.2, 0.25) is 5.91 Å². The van der Waals surface area contributed by atoms with E-state index < -0.39 is 30.2 Å². The molecule has 0 unspecified atom stereocenters. The molecule has 0 heterocycles. The van der Waals surface area contributed by atoms with Gasteiger partial charge >= 0.3 is 5.97 Å². The lowest BCUT2D eigenvalue weighted by Crippen LogP contribution is -2.43. The number of nitrogens with two attached hydrogens (primary N) is 1. The van der Waals surface area contributed by atoms with Crippen molar-refractivity contribution < 1.29 is 19.5 Å². The first-order valence-corrected chi connectivity index (χ1v) is 8.42. The lowest BCUT2D eigenvalue weighted by Gasteiger charge is -2.14. The van der Waals surface area contributed by atoms with Crippen LogP contribution in [0.15, 0.2) is 12.1 Å². The first-order chi connectivity index (χ1) is 9.22. The Labute approximate surface area is 155 Å². The van der Waals surface area contributed by atoms with Crippen LogP contribution in [-0.4, -0.2) is 28.9 Å². The van der Waals surface area contributed by atoms with Gasteiger partial charge in [0.25, 0.3) is 5.91 Å². The average Bonchev–Trinajstić information content (AvgIpc) is 2.32. The van der Waals surface area contributed by atoms with Crippen LogP contribution in [0.2, 0.25) is 0 Å². The fourth-order valence-electron chi connectivity index (χ4n) is 1.36. The Morgan fingerprint density at radius 2 is 1.85 bits per heavy atom. The lowest BCUT2D eigenvalue weighted by molar-refractivity contribution is -0.140. The van der Waals surface area contributed by atoms with E-state index in [1.807, 2.05) is 28.7 Å². The molecule has 0 spiro atoms. The van der Waals surface area contributed by atoms with Crippen molar-refractivity contribution in [2.24, 2.45) is 5.73 Å². The Kier molecular flexibility index (Phi) is 6.90. The number of benzene rings is 1. The summed E-state index contributed by atoms with van der Waals surface area (Å²) in [7, 11) is 0. The van der Waals surface area contributed by atoms with Gasteiger partial charge in [0.15, 0.2) is 0 Å². The third kappa shape index (κ3) is 4.98. The maximum atomic E-state index is 12.1. The lowest BCUT2D eigenvalue weighted by atomic mass is 10.1. The zero-order valence-corrected chi connectivity index (χ0v) is 16.3. The molecule has 9 heteroatoms. The zero-order chi connectivity index (χ0) is 15.4. The summed E-state index contributed by atoms with van der Waals surface area (Å²) >= 11 is 6.18. The van der Waals surface area contributed by atoms with Crippen LogP contribution in [0, 0.1) is 10.7 Å². The second-order valence-corrected chi connectivity index (χ2v) is 7.27. The number of halogens is 3. The normalized spacial score (nSPS) is 11.8. The molecule has 1 aromatic rings. The van der Waals surface area contributed by atoms with Crippen LogP contribution in [0.5, 0.6) is 0 Å². The molecule has 0 bridgehead atoms. The van der Waals surface area contributed by atoms with Crippen LogP contribution in [0.25, 0.3) is 0 Å². The summed E-state index contributed by atoms with van der Waals surface area (Å²) in [4.78, 5) is 33.9. The maximum absolute atomic E-state index is 12.1. The van der Waals surface area contributed by atoms with Crippen LogP contribution >= 0.6 is 67.8 Å². The third-order valence-corrected chi connectivity index (χ3v) is 5.91. The van der Waals surface area contributed by atoms with Crippen molar-refractivity contribution in [1.29, 1.82) is 0 Å². The largest absolute Gasteiger partial charge is 0.480 e. The topological polar surface area (TPSA) is 109 Å². The summed E-state index contributed by atoms with van der Waals surface area (Å²) in [6.45, 7) is 0. The minimum atomic E-state index is -1.33. The van der Waals surface area contributed by atoms with Gasteiger partial charge in [0.05, 0.1) is 12.0 Å². The molecule has 20 heavy (non-hydrogen) atoms. The molecule has 0 aliphatic rings. The van der Waals surface area contributed by atoms with Crippen molar-refractivity contribution in [3.05, 3.63) is 28.4 Å². The fraction of sp³-hybridized carbons (Fsp3) is 0.182. The van der Waals surface area contributed by atoms with E-state index >= 15 is 0 Å². The minimum absolute atomic E-state index is 0.373. The van der Waals surface area contributed by atoms with E-state index in [-0.39, 0.29) is 0 Å². The number of hydrogen-bond acceptors (Lipinski definition) is 3. The predicted molar refractivity (Wildman–Crippen MR) is 97.3 cm³/mol. The molecule has 0 fully saturated rings. The molecule has 4 N–H and O–H groups in total. The molecule has 0 saturated heterocycles. The molecule has 108 valence electrons. The van der Waals surface area contributed by atoms with Gasteiger partial charge in [0, 0.05) is 10.7 Å². The first-order valence-electron chi connectivity index (χ1n) is 5.19. The Hall–Kier alpha value is -0.180. The third-order valence-electron chi connectivity index (χ3n) is 2.25. The van der Waals surface area contributed by atoms with Gasteiger partial charge in [-0.1, -0.05) is 0 Å². The molecule has 0 saturated carbocycles. The van der Waals surface area contributed by atoms with Crippen LogP contribution in [0.1, 0.15) is 16.8 Å². The first kappa shape index (κ1) is 17.9. The number of nitrogens with one attached hydrogen (secondary N) is 1. The van der Waals surface area contributed by atoms with Gasteiger partial charge < -0.3 is 16.2 Å². The van der Waals surface area contributed by atoms with E-state index in [0.717, 1.165) is 10.7 Å². The number of carbonyl (C=O) groups excluding carboxylic acids is 2. The van der Waals surface area contributed by atoms with Crippen molar-refractivity contribution in [2.45, 2.75) is 12.5 Å². The van der Waals surface area contributed by atoms with E-state index in [2.05, 4.69) is 50.5 Å². The summed E-state index contributed by atoms with van der Waals surface area (Å²) in [5, 5.41) is 11.3. The zero-order valence-electron chi connectivity index (χ0n) is 9.82. The average molecular weight is 614 g/mol. The molecule has 0 radical (unpaired) electrons. The molecule has 0 aliphatic heterocycles. The SMILES string of the molecule is NC(=O)C[C@H](NC(=O)c1cc(I)cc(I)c1I)C(=O)O. The van der Waals surface area contributed by atoms with E-state index in [9.17, 15) is 14.4 Å². The number of rotatable bonds is 5. The molecular weight excluding hydrogens is 605 g/mol. The number of amides is 2. The summed E-state index contributed by atoms with van der Waals surface area (Å²) in [6.07, 6.45) is -0.446. The predicted octanol–water partition coefficient (Wildman–Crippen LogP) is 1.56. The highest BCUT2D eigenvalue weighted by atomic mass is 127. The number of carbonyl (C=O) groups is 3. The molecule has 6 nitrogen and oxygen atoms in total. The Balaban J connectivity index is 3.00. The fourth-order valence-corrected chi connectivity index (χ4v) is 3.76. The monoisotopic (exact) mass is 614 g/mol. The van der Waals surface area contributed by atoms with Crippen molar-refractivity contribution >= 4 is 85.6 Å². The van der Waals surface area contributed by atoms with Gasteiger partial charge in [-0.2, -0.15) is 0 Å². The smallest absolute Gasteiger partial charge is 0.326 e. The number of hydrogen-bond donors (Lipinski definition) is 3. The van der Waals surface area contributed by atoms with Crippen LogP contribution in [-0.2, 0) is 9.59 Å². The molecule has 1 aromatic carbocycles. The number of primary amides is 1. The van der Waals surface area contributed by atoms with Gasteiger partial charge in [-0.25, -0.2) is 4.79 Å². The highest BCUT2D eigenvalue weighted by Crippen LogP contribution is 2.22. The number of carboxylic acids is 1. The molecule has 0 aromatic heterocycles. The quantitative estimate of drug-likeness (QED) is 0.346. The number of aliphatic carboxylic acids is 1. The molecule has 1 rings (SSSR count). The van der Waals surface area contributed by atoms with Crippen molar-refractivity contribution in [3.63, 3.8) is 0 Å². The van der Waals surface area contributed by atoms with Crippen LogP contribution in [0.4, 0.5) is 0 Å². The highest BCUT2D eigenvalue weighted by molar-refractivity contribution is 14.1. The molecule has 1 atom stereocenters. The second kappa shape index (κ2) is 7.72. The van der Waals surface area contributed by atoms with Crippen molar-refractivity contribution in [2.75, 3.05) is 0 Å².